The molecule has 1 N–H and O–H groups in total. The van der Waals surface area contributed by atoms with Crippen molar-refractivity contribution in [3.63, 3.8) is 0 Å². The van der Waals surface area contributed by atoms with E-state index in [-0.39, 0.29) is 11.1 Å². The van der Waals surface area contributed by atoms with Crippen LogP contribution in [-0.2, 0) is 6.54 Å². The molecular weight excluding hydrogens is 268 g/mol. The summed E-state index contributed by atoms with van der Waals surface area (Å²) in [5, 5.41) is 4.61. The van der Waals surface area contributed by atoms with Gasteiger partial charge in [0.2, 0.25) is 0 Å². The van der Waals surface area contributed by atoms with Crippen molar-refractivity contribution < 1.29 is 0 Å². The standard InChI is InChI=1S/C17H27ClN2/c1-5-17(6-2)13-20(16(3,4)12-19-17)11-14-8-7-9-15(18)10-14/h7-10,19H,5-6,11-13H2,1-4H3. The molecule has 0 atom stereocenters. The first kappa shape index (κ1) is 15.8. The lowest BCUT2D eigenvalue weighted by molar-refractivity contribution is 0.0162. The average Bonchev–Trinajstić information content (AvgIpc) is 2.42. The second-order valence-electron chi connectivity index (χ2n) is 6.64. The van der Waals surface area contributed by atoms with Gasteiger partial charge in [0, 0.05) is 35.7 Å². The van der Waals surface area contributed by atoms with Gasteiger partial charge in [0.15, 0.2) is 0 Å². The lowest BCUT2D eigenvalue weighted by Crippen LogP contribution is -2.67. The number of nitrogens with one attached hydrogen (secondary N) is 1. The van der Waals surface area contributed by atoms with Gasteiger partial charge < -0.3 is 5.32 Å². The van der Waals surface area contributed by atoms with Crippen molar-refractivity contribution in [3.8, 4) is 0 Å². The molecule has 2 nitrogen and oxygen atoms in total. The Labute approximate surface area is 128 Å². The molecule has 112 valence electrons. The molecule has 1 aliphatic heterocycles. The number of hydrogen-bond donors (Lipinski definition) is 1. The maximum atomic E-state index is 6.11. The minimum Gasteiger partial charge on any atom is -0.308 e. The van der Waals surface area contributed by atoms with Gasteiger partial charge >= 0.3 is 0 Å². The maximum Gasteiger partial charge on any atom is 0.0409 e. The van der Waals surface area contributed by atoms with Crippen LogP contribution in [0, 0.1) is 0 Å². The van der Waals surface area contributed by atoms with Crippen LogP contribution in [0.15, 0.2) is 24.3 Å². The Kier molecular flexibility index (Phi) is 4.78. The number of halogens is 1. The molecule has 0 amide bonds. The monoisotopic (exact) mass is 294 g/mol. The van der Waals surface area contributed by atoms with E-state index in [4.69, 9.17) is 11.6 Å². The summed E-state index contributed by atoms with van der Waals surface area (Å²) in [5.74, 6) is 0. The lowest BCUT2D eigenvalue weighted by atomic mass is 9.84. The molecule has 1 saturated heterocycles. The number of piperazine rings is 1. The van der Waals surface area contributed by atoms with Crippen LogP contribution in [0.25, 0.3) is 0 Å². The fraction of sp³-hybridized carbons (Fsp3) is 0.647. The van der Waals surface area contributed by atoms with Crippen molar-refractivity contribution in [3.05, 3.63) is 34.9 Å². The minimum atomic E-state index is 0.177. The normalized spacial score (nSPS) is 21.9. The Morgan fingerprint density at radius 1 is 1.25 bits per heavy atom. The fourth-order valence-electron chi connectivity index (χ4n) is 3.00. The van der Waals surface area contributed by atoms with Crippen LogP contribution < -0.4 is 5.32 Å². The highest BCUT2D eigenvalue weighted by Gasteiger charge is 2.40. The van der Waals surface area contributed by atoms with Crippen molar-refractivity contribution in [1.29, 1.82) is 0 Å². The van der Waals surface area contributed by atoms with E-state index in [2.05, 4.69) is 50.0 Å². The fourth-order valence-corrected chi connectivity index (χ4v) is 3.21. The third-order valence-corrected chi connectivity index (χ3v) is 5.10. The summed E-state index contributed by atoms with van der Waals surface area (Å²) in [5.41, 5.74) is 1.73. The third-order valence-electron chi connectivity index (χ3n) is 4.86. The Morgan fingerprint density at radius 2 is 1.95 bits per heavy atom. The van der Waals surface area contributed by atoms with Gasteiger partial charge in [-0.3, -0.25) is 4.90 Å². The molecule has 0 bridgehead atoms. The number of rotatable bonds is 4. The molecule has 1 aromatic carbocycles. The van der Waals surface area contributed by atoms with Crippen LogP contribution in [0.1, 0.15) is 46.1 Å². The predicted octanol–water partition coefficient (Wildman–Crippen LogP) is 4.08. The van der Waals surface area contributed by atoms with E-state index in [0.29, 0.717) is 0 Å². The summed E-state index contributed by atoms with van der Waals surface area (Å²) in [6.07, 6.45) is 2.34. The molecular formula is C17H27ClN2. The maximum absolute atomic E-state index is 6.11. The van der Waals surface area contributed by atoms with E-state index in [0.717, 1.165) is 24.7 Å². The first-order valence-electron chi connectivity index (χ1n) is 7.65. The number of benzene rings is 1. The number of nitrogens with zero attached hydrogens (tertiary/aromatic N) is 1. The van der Waals surface area contributed by atoms with Gasteiger partial charge in [-0.1, -0.05) is 37.6 Å². The molecule has 1 aliphatic rings. The molecule has 0 aliphatic carbocycles. The molecule has 1 aromatic rings. The average molecular weight is 295 g/mol. The molecule has 20 heavy (non-hydrogen) atoms. The highest BCUT2D eigenvalue weighted by Crippen LogP contribution is 2.29. The molecule has 0 unspecified atom stereocenters. The molecule has 0 spiro atoms. The zero-order chi connectivity index (χ0) is 14.8. The second kappa shape index (κ2) is 6.05. The van der Waals surface area contributed by atoms with Crippen molar-refractivity contribution >= 4 is 11.6 Å². The van der Waals surface area contributed by atoms with Crippen molar-refractivity contribution in [2.45, 2.75) is 58.2 Å². The zero-order valence-corrected chi connectivity index (χ0v) is 13.9. The Morgan fingerprint density at radius 3 is 2.55 bits per heavy atom. The van der Waals surface area contributed by atoms with Crippen LogP contribution in [0.4, 0.5) is 0 Å². The largest absolute Gasteiger partial charge is 0.308 e. The van der Waals surface area contributed by atoms with E-state index < -0.39 is 0 Å². The van der Waals surface area contributed by atoms with Gasteiger partial charge in [0.25, 0.3) is 0 Å². The van der Waals surface area contributed by atoms with Gasteiger partial charge in [-0.2, -0.15) is 0 Å². The van der Waals surface area contributed by atoms with Gasteiger partial charge in [0.1, 0.15) is 0 Å². The van der Waals surface area contributed by atoms with E-state index in [1.807, 2.05) is 12.1 Å². The first-order valence-corrected chi connectivity index (χ1v) is 8.03. The highest BCUT2D eigenvalue weighted by molar-refractivity contribution is 6.30. The molecule has 0 saturated carbocycles. The van der Waals surface area contributed by atoms with Crippen LogP contribution in [-0.4, -0.2) is 29.1 Å². The summed E-state index contributed by atoms with van der Waals surface area (Å²) < 4.78 is 0. The Hall–Kier alpha value is -0.570. The summed E-state index contributed by atoms with van der Waals surface area (Å²) in [6.45, 7) is 12.3. The van der Waals surface area contributed by atoms with Crippen LogP contribution in [0.3, 0.4) is 0 Å². The third kappa shape index (κ3) is 3.36. The van der Waals surface area contributed by atoms with Gasteiger partial charge in [0.05, 0.1) is 0 Å². The first-order chi connectivity index (χ1) is 9.41. The van der Waals surface area contributed by atoms with Gasteiger partial charge in [-0.25, -0.2) is 0 Å². The van der Waals surface area contributed by atoms with Crippen molar-refractivity contribution in [1.82, 2.24) is 10.2 Å². The van der Waals surface area contributed by atoms with E-state index in [1.165, 1.54) is 18.4 Å². The molecule has 1 heterocycles. The SMILES string of the molecule is CCC1(CC)CN(Cc2cccc(Cl)c2)C(C)(C)CN1. The summed E-state index contributed by atoms with van der Waals surface area (Å²) in [4.78, 5) is 2.60. The van der Waals surface area contributed by atoms with E-state index in [9.17, 15) is 0 Å². The second-order valence-corrected chi connectivity index (χ2v) is 7.08. The molecule has 0 aromatic heterocycles. The minimum absolute atomic E-state index is 0.177. The number of hydrogen-bond acceptors (Lipinski definition) is 2. The lowest BCUT2D eigenvalue weighted by Gasteiger charge is -2.52. The smallest absolute Gasteiger partial charge is 0.0409 e. The van der Waals surface area contributed by atoms with E-state index in [1.54, 1.807) is 0 Å². The molecule has 2 rings (SSSR count). The van der Waals surface area contributed by atoms with Crippen LogP contribution in [0.2, 0.25) is 5.02 Å². The van der Waals surface area contributed by atoms with Crippen molar-refractivity contribution in [2.24, 2.45) is 0 Å². The highest BCUT2D eigenvalue weighted by atomic mass is 35.5. The van der Waals surface area contributed by atoms with E-state index >= 15 is 0 Å². The Balaban J connectivity index is 2.18. The van der Waals surface area contributed by atoms with Crippen molar-refractivity contribution in [2.75, 3.05) is 13.1 Å². The van der Waals surface area contributed by atoms with Gasteiger partial charge in [-0.15, -0.1) is 0 Å². The molecule has 1 fully saturated rings. The predicted molar refractivity (Wildman–Crippen MR) is 87.3 cm³/mol. The summed E-state index contributed by atoms with van der Waals surface area (Å²) in [6, 6.07) is 8.24. The zero-order valence-electron chi connectivity index (χ0n) is 13.2. The Bertz CT molecular complexity index is 452. The molecule has 0 radical (unpaired) electrons. The summed E-state index contributed by atoms with van der Waals surface area (Å²) >= 11 is 6.11. The quantitative estimate of drug-likeness (QED) is 0.900. The van der Waals surface area contributed by atoms with Gasteiger partial charge in [-0.05, 0) is 44.4 Å². The summed E-state index contributed by atoms with van der Waals surface area (Å²) in [7, 11) is 0. The van der Waals surface area contributed by atoms with Crippen LogP contribution in [0.5, 0.6) is 0 Å². The molecule has 3 heteroatoms. The van der Waals surface area contributed by atoms with Crippen LogP contribution >= 0.6 is 11.6 Å². The topological polar surface area (TPSA) is 15.3 Å².